The van der Waals surface area contributed by atoms with Crippen LogP contribution >= 0.6 is 0 Å². The summed E-state index contributed by atoms with van der Waals surface area (Å²) in [4.78, 5) is 9.45. The number of aryl methyl sites for hydroxylation is 1. The third-order valence-electron chi connectivity index (χ3n) is 3.45. The van der Waals surface area contributed by atoms with Crippen LogP contribution in [-0.2, 0) is 11.2 Å². The molecule has 2 heterocycles. The van der Waals surface area contributed by atoms with Crippen molar-refractivity contribution in [2.75, 3.05) is 25.1 Å². The molecule has 1 fully saturated rings. The summed E-state index contributed by atoms with van der Waals surface area (Å²) in [5.74, 6) is 2.46. The average Bonchev–Trinajstić information content (AvgIpc) is 2.46. The molecule has 0 radical (unpaired) electrons. The van der Waals surface area contributed by atoms with E-state index in [1.54, 1.807) is 0 Å². The van der Waals surface area contributed by atoms with Gasteiger partial charge in [-0.15, -0.1) is 0 Å². The lowest BCUT2D eigenvalue weighted by Crippen LogP contribution is -2.18. The number of aromatic nitrogens is 2. The molecule has 4 heteroatoms. The van der Waals surface area contributed by atoms with Gasteiger partial charge in [-0.3, -0.25) is 0 Å². The van der Waals surface area contributed by atoms with Gasteiger partial charge in [0, 0.05) is 37.4 Å². The van der Waals surface area contributed by atoms with Crippen molar-refractivity contribution in [2.24, 2.45) is 0 Å². The van der Waals surface area contributed by atoms with Crippen LogP contribution in [0, 0.1) is 0 Å². The Hall–Kier alpha value is -1.16. The summed E-state index contributed by atoms with van der Waals surface area (Å²) in [6, 6.07) is 2.10. The number of hydrogen-bond donors (Lipinski definition) is 1. The molecule has 0 aromatic carbocycles. The summed E-state index contributed by atoms with van der Waals surface area (Å²) in [6.45, 7) is 7.00. The maximum Gasteiger partial charge on any atom is 0.134 e. The largest absolute Gasteiger partial charge is 0.381 e. The number of anilines is 1. The normalized spacial score (nSPS) is 16.5. The summed E-state index contributed by atoms with van der Waals surface area (Å²) >= 11 is 0. The molecule has 0 bridgehead atoms. The lowest BCUT2D eigenvalue weighted by molar-refractivity contribution is 0.0835. The Labute approximate surface area is 116 Å². The van der Waals surface area contributed by atoms with E-state index in [4.69, 9.17) is 14.7 Å². The molecule has 19 heavy (non-hydrogen) atoms. The standard InChI is InChI=1S/C15H25N3O/c1-3-5-13-11-14(16-8-4-2)18-15(17-13)12-6-9-19-10-7-12/h11-12H,3-10H2,1-2H3,(H,16,17,18). The second-order valence-electron chi connectivity index (χ2n) is 5.17. The first-order valence-corrected chi connectivity index (χ1v) is 7.53. The van der Waals surface area contributed by atoms with E-state index in [0.717, 1.165) is 69.2 Å². The van der Waals surface area contributed by atoms with Gasteiger partial charge in [-0.05, 0) is 25.7 Å². The maximum absolute atomic E-state index is 5.42. The van der Waals surface area contributed by atoms with E-state index >= 15 is 0 Å². The van der Waals surface area contributed by atoms with Crippen molar-refractivity contribution < 1.29 is 4.74 Å². The van der Waals surface area contributed by atoms with E-state index in [2.05, 4.69) is 25.2 Å². The predicted molar refractivity (Wildman–Crippen MR) is 77.6 cm³/mol. The van der Waals surface area contributed by atoms with Crippen molar-refractivity contribution in [2.45, 2.75) is 51.9 Å². The zero-order chi connectivity index (χ0) is 13.5. The molecule has 0 spiro atoms. The van der Waals surface area contributed by atoms with Gasteiger partial charge in [0.1, 0.15) is 11.6 Å². The highest BCUT2D eigenvalue weighted by Gasteiger charge is 2.19. The van der Waals surface area contributed by atoms with Gasteiger partial charge in [0.25, 0.3) is 0 Å². The Balaban J connectivity index is 2.17. The fourth-order valence-electron chi connectivity index (χ4n) is 2.38. The molecular weight excluding hydrogens is 238 g/mol. The Morgan fingerprint density at radius 2 is 2.00 bits per heavy atom. The minimum atomic E-state index is 0.465. The lowest BCUT2D eigenvalue weighted by Gasteiger charge is -2.21. The fourth-order valence-corrected chi connectivity index (χ4v) is 2.38. The van der Waals surface area contributed by atoms with Crippen LogP contribution in [0.1, 0.15) is 57.0 Å². The first kappa shape index (κ1) is 14.3. The molecule has 0 amide bonds. The van der Waals surface area contributed by atoms with Crippen molar-refractivity contribution in [1.82, 2.24) is 9.97 Å². The molecule has 1 aliphatic heterocycles. The van der Waals surface area contributed by atoms with Crippen molar-refractivity contribution in [1.29, 1.82) is 0 Å². The summed E-state index contributed by atoms with van der Waals surface area (Å²) in [6.07, 6.45) is 5.35. The molecule has 0 atom stereocenters. The third kappa shape index (κ3) is 4.16. The summed E-state index contributed by atoms with van der Waals surface area (Å²) in [5.41, 5.74) is 1.16. The number of nitrogens with zero attached hydrogens (tertiary/aromatic N) is 2. The van der Waals surface area contributed by atoms with Gasteiger partial charge in [-0.25, -0.2) is 9.97 Å². The van der Waals surface area contributed by atoms with Crippen LogP contribution in [0.4, 0.5) is 5.82 Å². The Bertz CT molecular complexity index is 389. The first-order chi connectivity index (χ1) is 9.33. The van der Waals surface area contributed by atoms with E-state index in [9.17, 15) is 0 Å². The molecule has 1 aliphatic rings. The van der Waals surface area contributed by atoms with Crippen LogP contribution in [0.25, 0.3) is 0 Å². The molecule has 0 saturated carbocycles. The number of rotatable bonds is 6. The van der Waals surface area contributed by atoms with Gasteiger partial charge < -0.3 is 10.1 Å². The van der Waals surface area contributed by atoms with E-state index in [1.807, 2.05) is 0 Å². The van der Waals surface area contributed by atoms with Gasteiger partial charge >= 0.3 is 0 Å². The topological polar surface area (TPSA) is 47.0 Å². The van der Waals surface area contributed by atoms with Crippen molar-refractivity contribution in [3.63, 3.8) is 0 Å². The lowest BCUT2D eigenvalue weighted by atomic mass is 9.99. The molecule has 0 aliphatic carbocycles. The first-order valence-electron chi connectivity index (χ1n) is 7.53. The Morgan fingerprint density at radius 1 is 1.21 bits per heavy atom. The van der Waals surface area contributed by atoms with Crippen LogP contribution in [0.3, 0.4) is 0 Å². The molecule has 1 aromatic heterocycles. The second kappa shape index (κ2) is 7.43. The predicted octanol–water partition coefficient (Wildman–Crippen LogP) is 3.15. The molecule has 0 unspecified atom stereocenters. The Morgan fingerprint density at radius 3 is 2.68 bits per heavy atom. The van der Waals surface area contributed by atoms with Crippen LogP contribution in [-0.4, -0.2) is 29.7 Å². The molecule has 106 valence electrons. The third-order valence-corrected chi connectivity index (χ3v) is 3.45. The van der Waals surface area contributed by atoms with Crippen LogP contribution in [0.15, 0.2) is 6.07 Å². The molecule has 1 aromatic rings. The molecule has 4 nitrogen and oxygen atoms in total. The molecule has 2 rings (SSSR count). The van der Waals surface area contributed by atoms with Gasteiger partial charge in [0.15, 0.2) is 0 Å². The van der Waals surface area contributed by atoms with E-state index < -0.39 is 0 Å². The minimum Gasteiger partial charge on any atom is -0.381 e. The highest BCUT2D eigenvalue weighted by Crippen LogP contribution is 2.25. The highest BCUT2D eigenvalue weighted by atomic mass is 16.5. The molecule has 1 saturated heterocycles. The minimum absolute atomic E-state index is 0.465. The highest BCUT2D eigenvalue weighted by molar-refractivity contribution is 5.36. The molecular formula is C15H25N3O. The fraction of sp³-hybridized carbons (Fsp3) is 0.733. The summed E-state index contributed by atoms with van der Waals surface area (Å²) in [7, 11) is 0. The zero-order valence-corrected chi connectivity index (χ0v) is 12.1. The number of ether oxygens (including phenoxy) is 1. The molecule has 1 N–H and O–H groups in total. The van der Waals surface area contributed by atoms with Crippen molar-refractivity contribution in [3.8, 4) is 0 Å². The Kier molecular flexibility index (Phi) is 5.58. The van der Waals surface area contributed by atoms with Crippen LogP contribution in [0.5, 0.6) is 0 Å². The van der Waals surface area contributed by atoms with E-state index in [-0.39, 0.29) is 0 Å². The quantitative estimate of drug-likeness (QED) is 0.856. The van der Waals surface area contributed by atoms with Crippen LogP contribution in [0.2, 0.25) is 0 Å². The van der Waals surface area contributed by atoms with Gasteiger partial charge in [0.05, 0.1) is 0 Å². The second-order valence-corrected chi connectivity index (χ2v) is 5.17. The van der Waals surface area contributed by atoms with Gasteiger partial charge in [0.2, 0.25) is 0 Å². The van der Waals surface area contributed by atoms with E-state index in [1.165, 1.54) is 0 Å². The van der Waals surface area contributed by atoms with Crippen molar-refractivity contribution >= 4 is 5.82 Å². The summed E-state index contributed by atoms with van der Waals surface area (Å²) < 4.78 is 5.42. The monoisotopic (exact) mass is 263 g/mol. The summed E-state index contributed by atoms with van der Waals surface area (Å²) in [5, 5.41) is 3.39. The van der Waals surface area contributed by atoms with Crippen LogP contribution < -0.4 is 5.32 Å². The van der Waals surface area contributed by atoms with E-state index in [0.29, 0.717) is 5.92 Å². The smallest absolute Gasteiger partial charge is 0.134 e. The average molecular weight is 263 g/mol. The van der Waals surface area contributed by atoms with Gasteiger partial charge in [-0.2, -0.15) is 0 Å². The van der Waals surface area contributed by atoms with Gasteiger partial charge in [-0.1, -0.05) is 20.3 Å². The number of hydrogen-bond acceptors (Lipinski definition) is 4. The zero-order valence-electron chi connectivity index (χ0n) is 12.1. The SMILES string of the molecule is CCCNc1cc(CCC)nc(C2CCOCC2)n1. The maximum atomic E-state index is 5.42. The van der Waals surface area contributed by atoms with Crippen molar-refractivity contribution in [3.05, 3.63) is 17.6 Å². The number of nitrogens with one attached hydrogen (secondary N) is 1.